The molecule has 0 aliphatic rings. The first kappa shape index (κ1) is 12.1. The maximum absolute atomic E-state index is 3.97. The summed E-state index contributed by atoms with van der Waals surface area (Å²) in [5.74, 6) is 0. The van der Waals surface area contributed by atoms with Gasteiger partial charge in [0.1, 0.15) is 6.33 Å². The molecule has 0 spiro atoms. The van der Waals surface area contributed by atoms with E-state index in [1.54, 1.807) is 6.33 Å². The zero-order chi connectivity index (χ0) is 10.9. The van der Waals surface area contributed by atoms with Crippen LogP contribution in [0.1, 0.15) is 18.4 Å². The number of nitrogens with one attached hydrogen (secondary N) is 1. The summed E-state index contributed by atoms with van der Waals surface area (Å²) in [6, 6.07) is 0. The van der Waals surface area contributed by atoms with Crippen LogP contribution in [0, 0.1) is 0 Å². The van der Waals surface area contributed by atoms with Crippen LogP contribution in [0.5, 0.6) is 0 Å². The van der Waals surface area contributed by atoms with Crippen molar-refractivity contribution in [1.29, 1.82) is 0 Å². The molecule has 1 heterocycles. The first-order valence-electron chi connectivity index (χ1n) is 5.38. The van der Waals surface area contributed by atoms with Crippen LogP contribution < -0.4 is 5.32 Å². The largest absolute Gasteiger partial charge is 0.313 e. The zero-order valence-corrected chi connectivity index (χ0v) is 9.61. The molecule has 0 saturated carbocycles. The van der Waals surface area contributed by atoms with Crippen molar-refractivity contribution in [3.63, 3.8) is 0 Å². The average Bonchev–Trinajstić information content (AvgIpc) is 2.24. The van der Waals surface area contributed by atoms with E-state index in [-0.39, 0.29) is 0 Å². The molecule has 0 amide bonds. The molecule has 0 unspecified atom stereocenters. The molecule has 0 aromatic carbocycles. The molecular formula is C11H20N4. The Morgan fingerprint density at radius 2 is 1.93 bits per heavy atom. The summed E-state index contributed by atoms with van der Waals surface area (Å²) < 4.78 is 0. The standard InChI is InChI=1S/C11H20N4/c1-15(2)6-4-3-5-12-7-11-8-13-10-14-9-11/h8-10,12H,3-7H2,1-2H3. The van der Waals surface area contributed by atoms with Gasteiger partial charge in [0, 0.05) is 24.5 Å². The molecule has 0 fully saturated rings. The Balaban J connectivity index is 1.98. The van der Waals surface area contributed by atoms with E-state index >= 15 is 0 Å². The highest BCUT2D eigenvalue weighted by Crippen LogP contribution is 1.93. The van der Waals surface area contributed by atoms with Crippen molar-refractivity contribution in [3.05, 3.63) is 24.3 Å². The molecule has 1 aromatic heterocycles. The lowest BCUT2D eigenvalue weighted by atomic mass is 10.3. The Bertz CT molecular complexity index is 248. The molecule has 1 N–H and O–H groups in total. The van der Waals surface area contributed by atoms with Crippen LogP contribution in [0.2, 0.25) is 0 Å². The predicted octanol–water partition coefficient (Wildman–Crippen LogP) is 0.908. The van der Waals surface area contributed by atoms with E-state index in [4.69, 9.17) is 0 Å². The second-order valence-electron chi connectivity index (χ2n) is 3.93. The lowest BCUT2D eigenvalue weighted by Crippen LogP contribution is -2.18. The fourth-order valence-electron chi connectivity index (χ4n) is 1.33. The molecule has 0 aliphatic heterocycles. The summed E-state index contributed by atoms with van der Waals surface area (Å²) in [5, 5.41) is 3.38. The summed E-state index contributed by atoms with van der Waals surface area (Å²) in [6.45, 7) is 3.08. The molecule has 1 aromatic rings. The van der Waals surface area contributed by atoms with Crippen molar-refractivity contribution in [1.82, 2.24) is 20.2 Å². The van der Waals surface area contributed by atoms with E-state index in [9.17, 15) is 0 Å². The molecule has 0 saturated heterocycles. The van der Waals surface area contributed by atoms with Crippen LogP contribution in [0.3, 0.4) is 0 Å². The van der Waals surface area contributed by atoms with Gasteiger partial charge in [-0.25, -0.2) is 9.97 Å². The fraction of sp³-hybridized carbons (Fsp3) is 0.636. The van der Waals surface area contributed by atoms with Crippen molar-refractivity contribution in [3.8, 4) is 0 Å². The van der Waals surface area contributed by atoms with Crippen LogP contribution >= 0.6 is 0 Å². The molecule has 15 heavy (non-hydrogen) atoms. The number of nitrogens with zero attached hydrogens (tertiary/aromatic N) is 3. The highest BCUT2D eigenvalue weighted by atomic mass is 15.0. The van der Waals surface area contributed by atoms with E-state index in [0.29, 0.717) is 0 Å². The molecular weight excluding hydrogens is 188 g/mol. The van der Waals surface area contributed by atoms with Gasteiger partial charge < -0.3 is 10.2 Å². The van der Waals surface area contributed by atoms with E-state index in [2.05, 4.69) is 34.3 Å². The Morgan fingerprint density at radius 3 is 2.60 bits per heavy atom. The van der Waals surface area contributed by atoms with Crippen molar-refractivity contribution in [2.24, 2.45) is 0 Å². The Kier molecular flexibility index (Phi) is 5.88. The number of hydrogen-bond donors (Lipinski definition) is 1. The highest BCUT2D eigenvalue weighted by Gasteiger charge is 1.93. The van der Waals surface area contributed by atoms with E-state index in [1.807, 2.05) is 12.4 Å². The topological polar surface area (TPSA) is 41.0 Å². The van der Waals surface area contributed by atoms with Crippen LogP contribution in [0.4, 0.5) is 0 Å². The molecule has 0 bridgehead atoms. The minimum Gasteiger partial charge on any atom is -0.313 e. The molecule has 0 aliphatic carbocycles. The number of unbranched alkanes of at least 4 members (excludes halogenated alkanes) is 1. The third-order valence-corrected chi connectivity index (χ3v) is 2.15. The third-order valence-electron chi connectivity index (χ3n) is 2.15. The summed E-state index contributed by atoms with van der Waals surface area (Å²) in [7, 11) is 4.21. The molecule has 0 radical (unpaired) electrons. The maximum atomic E-state index is 3.97. The van der Waals surface area contributed by atoms with Gasteiger partial charge in [-0.3, -0.25) is 0 Å². The Hall–Kier alpha value is -1.00. The Labute approximate surface area is 91.7 Å². The minimum atomic E-state index is 0.864. The van der Waals surface area contributed by atoms with Crippen molar-refractivity contribution < 1.29 is 0 Å². The van der Waals surface area contributed by atoms with Gasteiger partial charge in [-0.1, -0.05) is 0 Å². The molecule has 0 atom stereocenters. The molecule has 84 valence electrons. The van der Waals surface area contributed by atoms with Gasteiger partial charge in [-0.05, 0) is 40.0 Å². The fourth-order valence-corrected chi connectivity index (χ4v) is 1.33. The van der Waals surface area contributed by atoms with Gasteiger partial charge >= 0.3 is 0 Å². The monoisotopic (exact) mass is 208 g/mol. The normalized spacial score (nSPS) is 10.9. The number of hydrogen-bond acceptors (Lipinski definition) is 4. The smallest absolute Gasteiger partial charge is 0.115 e. The summed E-state index contributed by atoms with van der Waals surface area (Å²) in [5.41, 5.74) is 1.14. The lowest BCUT2D eigenvalue weighted by Gasteiger charge is -2.09. The highest BCUT2D eigenvalue weighted by molar-refractivity contribution is 5.01. The second-order valence-corrected chi connectivity index (χ2v) is 3.93. The first-order chi connectivity index (χ1) is 7.29. The predicted molar refractivity (Wildman–Crippen MR) is 61.5 cm³/mol. The zero-order valence-electron chi connectivity index (χ0n) is 9.61. The van der Waals surface area contributed by atoms with Gasteiger partial charge in [0.15, 0.2) is 0 Å². The SMILES string of the molecule is CN(C)CCCCNCc1cncnc1. The quantitative estimate of drug-likeness (QED) is 0.676. The minimum absolute atomic E-state index is 0.864. The first-order valence-corrected chi connectivity index (χ1v) is 5.38. The number of rotatable bonds is 7. The van der Waals surface area contributed by atoms with E-state index in [1.165, 1.54) is 12.8 Å². The van der Waals surface area contributed by atoms with Gasteiger partial charge in [0.25, 0.3) is 0 Å². The van der Waals surface area contributed by atoms with Crippen molar-refractivity contribution >= 4 is 0 Å². The average molecular weight is 208 g/mol. The molecule has 1 rings (SSSR count). The summed E-state index contributed by atoms with van der Waals surface area (Å²) >= 11 is 0. The van der Waals surface area contributed by atoms with Crippen LogP contribution in [0.25, 0.3) is 0 Å². The molecule has 4 heteroatoms. The van der Waals surface area contributed by atoms with Crippen molar-refractivity contribution in [2.75, 3.05) is 27.2 Å². The lowest BCUT2D eigenvalue weighted by molar-refractivity contribution is 0.391. The number of aromatic nitrogens is 2. The van der Waals surface area contributed by atoms with Gasteiger partial charge in [-0.2, -0.15) is 0 Å². The van der Waals surface area contributed by atoms with E-state index < -0.39 is 0 Å². The van der Waals surface area contributed by atoms with Crippen molar-refractivity contribution in [2.45, 2.75) is 19.4 Å². The summed E-state index contributed by atoms with van der Waals surface area (Å²) in [4.78, 5) is 10.1. The van der Waals surface area contributed by atoms with Crippen LogP contribution in [-0.2, 0) is 6.54 Å². The van der Waals surface area contributed by atoms with E-state index in [0.717, 1.165) is 25.2 Å². The third kappa shape index (κ3) is 6.14. The van der Waals surface area contributed by atoms with Gasteiger partial charge in [0.2, 0.25) is 0 Å². The van der Waals surface area contributed by atoms with Crippen LogP contribution in [0.15, 0.2) is 18.7 Å². The second kappa shape index (κ2) is 7.31. The Morgan fingerprint density at radius 1 is 1.20 bits per heavy atom. The van der Waals surface area contributed by atoms with Gasteiger partial charge in [-0.15, -0.1) is 0 Å². The maximum Gasteiger partial charge on any atom is 0.115 e. The summed E-state index contributed by atoms with van der Waals surface area (Å²) in [6.07, 6.45) is 7.71. The van der Waals surface area contributed by atoms with Gasteiger partial charge in [0.05, 0.1) is 0 Å². The molecule has 4 nitrogen and oxygen atoms in total. The van der Waals surface area contributed by atoms with Crippen LogP contribution in [-0.4, -0.2) is 42.1 Å².